The Hall–Kier alpha value is -2.67. The van der Waals surface area contributed by atoms with Crippen LogP contribution in [0.15, 0.2) is 42.5 Å². The number of alkyl halides is 2. The molecule has 2 aromatic rings. The van der Waals surface area contributed by atoms with Crippen LogP contribution in [0.4, 0.5) is 14.5 Å². The van der Waals surface area contributed by atoms with Crippen molar-refractivity contribution < 1.29 is 23.0 Å². The summed E-state index contributed by atoms with van der Waals surface area (Å²) in [7, 11) is 1.41. The van der Waals surface area contributed by atoms with Gasteiger partial charge < -0.3 is 20.1 Å². The summed E-state index contributed by atoms with van der Waals surface area (Å²) in [5, 5.41) is 0. The van der Waals surface area contributed by atoms with Gasteiger partial charge in [0.25, 0.3) is 5.91 Å². The van der Waals surface area contributed by atoms with E-state index in [0.717, 1.165) is 11.3 Å². The first-order valence-electron chi connectivity index (χ1n) is 7.77. The predicted octanol–water partition coefficient (Wildman–Crippen LogP) is 2.83. The summed E-state index contributed by atoms with van der Waals surface area (Å²) in [6.07, 6.45) is 0.656. The molecule has 2 N–H and O–H groups in total. The topological polar surface area (TPSA) is 64.8 Å². The Kier molecular flexibility index (Phi) is 4.85. The number of hydrogen-bond acceptors (Lipinski definition) is 4. The van der Waals surface area contributed by atoms with Gasteiger partial charge in [0.1, 0.15) is 11.5 Å². The van der Waals surface area contributed by atoms with Crippen LogP contribution in [0.5, 0.6) is 11.5 Å². The lowest BCUT2D eigenvalue weighted by atomic mass is 9.97. The van der Waals surface area contributed by atoms with Gasteiger partial charge in [-0.15, -0.1) is 0 Å². The van der Waals surface area contributed by atoms with E-state index in [1.165, 1.54) is 30.2 Å². The van der Waals surface area contributed by atoms with Gasteiger partial charge in [0.05, 0.1) is 12.7 Å². The Morgan fingerprint density at radius 3 is 2.76 bits per heavy atom. The van der Waals surface area contributed by atoms with Crippen molar-refractivity contribution in [3.05, 3.63) is 53.6 Å². The maximum atomic E-state index is 13.0. The van der Waals surface area contributed by atoms with Gasteiger partial charge in [-0.3, -0.25) is 4.79 Å². The van der Waals surface area contributed by atoms with E-state index in [4.69, 9.17) is 10.5 Å². The molecule has 1 unspecified atom stereocenters. The summed E-state index contributed by atoms with van der Waals surface area (Å²) in [5.74, 6) is -0.347. The van der Waals surface area contributed by atoms with E-state index in [-0.39, 0.29) is 17.4 Å². The number of anilines is 1. The smallest absolute Gasteiger partial charge is 0.387 e. The molecule has 2 aromatic carbocycles. The fraction of sp³-hybridized carbons (Fsp3) is 0.278. The molecule has 1 atom stereocenters. The lowest BCUT2D eigenvalue weighted by Crippen LogP contribution is -2.46. The van der Waals surface area contributed by atoms with Crippen LogP contribution >= 0.6 is 0 Å². The predicted molar refractivity (Wildman–Crippen MR) is 89.4 cm³/mol. The number of fused-ring (bicyclic) bond motifs is 1. The Morgan fingerprint density at radius 1 is 1.28 bits per heavy atom. The second kappa shape index (κ2) is 7.06. The number of benzene rings is 2. The Balaban J connectivity index is 2.01. The molecule has 0 fully saturated rings. The number of hydrogen-bond donors (Lipinski definition) is 1. The van der Waals surface area contributed by atoms with Crippen LogP contribution in [0.3, 0.4) is 0 Å². The van der Waals surface area contributed by atoms with Crippen LogP contribution in [0, 0.1) is 0 Å². The minimum atomic E-state index is -3.05. The normalized spacial score (nSPS) is 16.5. The van der Waals surface area contributed by atoms with Crippen LogP contribution in [0.2, 0.25) is 0 Å². The summed E-state index contributed by atoms with van der Waals surface area (Å²) in [4.78, 5) is 14.5. The number of ether oxygens (including phenoxy) is 2. The molecule has 0 bridgehead atoms. The quantitative estimate of drug-likeness (QED) is 0.923. The first-order valence-corrected chi connectivity index (χ1v) is 7.77. The van der Waals surface area contributed by atoms with Crippen LogP contribution in [-0.2, 0) is 6.42 Å². The van der Waals surface area contributed by atoms with Gasteiger partial charge in [-0.1, -0.05) is 18.2 Å². The van der Waals surface area contributed by atoms with E-state index in [9.17, 15) is 13.6 Å². The lowest BCUT2D eigenvalue weighted by Gasteiger charge is -2.33. The molecular formula is C18H18F2N2O3. The highest BCUT2D eigenvalue weighted by Crippen LogP contribution is 2.32. The van der Waals surface area contributed by atoms with Gasteiger partial charge in [-0.2, -0.15) is 8.78 Å². The van der Waals surface area contributed by atoms with Crippen LogP contribution in [0.1, 0.15) is 15.9 Å². The Morgan fingerprint density at radius 2 is 2.04 bits per heavy atom. The van der Waals surface area contributed by atoms with Crippen molar-refractivity contribution in [2.45, 2.75) is 19.1 Å². The third-order valence-corrected chi connectivity index (χ3v) is 4.06. The van der Waals surface area contributed by atoms with E-state index < -0.39 is 12.5 Å². The molecule has 1 aliphatic rings. The largest absolute Gasteiger partial charge is 0.497 e. The van der Waals surface area contributed by atoms with Gasteiger partial charge in [0.2, 0.25) is 0 Å². The Bertz CT molecular complexity index is 783. The fourth-order valence-electron chi connectivity index (χ4n) is 2.96. The first kappa shape index (κ1) is 17.2. The van der Waals surface area contributed by atoms with Crippen molar-refractivity contribution in [1.82, 2.24) is 0 Å². The molecule has 1 aliphatic heterocycles. The maximum absolute atomic E-state index is 13.0. The van der Waals surface area contributed by atoms with Crippen LogP contribution in [0.25, 0.3) is 0 Å². The molecule has 7 heteroatoms. The number of nitrogens with zero attached hydrogens (tertiary/aromatic N) is 1. The van der Waals surface area contributed by atoms with Crippen LogP contribution in [-0.4, -0.2) is 32.2 Å². The lowest BCUT2D eigenvalue weighted by molar-refractivity contribution is -0.0502. The standard InChI is InChI=1S/C18H18F2N2O3/c1-24-13-6-7-14(16(9-13)25-18(19)20)17(23)22-10-12(21)8-11-4-2-3-5-15(11)22/h2-7,9,12,18H,8,10,21H2,1H3. The molecule has 1 heterocycles. The monoisotopic (exact) mass is 348 g/mol. The highest BCUT2D eigenvalue weighted by Gasteiger charge is 2.29. The van der Waals surface area contributed by atoms with E-state index in [0.29, 0.717) is 18.7 Å². The second-order valence-corrected chi connectivity index (χ2v) is 5.75. The number of para-hydroxylation sites is 1. The number of carbonyl (C=O) groups excluding carboxylic acids is 1. The zero-order valence-corrected chi connectivity index (χ0v) is 13.6. The van der Waals surface area contributed by atoms with E-state index >= 15 is 0 Å². The van der Waals surface area contributed by atoms with E-state index in [1.54, 1.807) is 0 Å². The summed E-state index contributed by atoms with van der Waals surface area (Å²) >= 11 is 0. The molecule has 0 spiro atoms. The highest BCUT2D eigenvalue weighted by molar-refractivity contribution is 6.08. The molecule has 0 aliphatic carbocycles. The second-order valence-electron chi connectivity index (χ2n) is 5.75. The molecule has 25 heavy (non-hydrogen) atoms. The summed E-state index contributed by atoms with van der Waals surface area (Å²) in [6.45, 7) is -2.75. The molecule has 5 nitrogen and oxygen atoms in total. The minimum absolute atomic E-state index is 0.0324. The van der Waals surface area contributed by atoms with Gasteiger partial charge in [-0.05, 0) is 30.2 Å². The van der Waals surface area contributed by atoms with Crippen molar-refractivity contribution in [2.75, 3.05) is 18.6 Å². The van der Waals surface area contributed by atoms with Gasteiger partial charge >= 0.3 is 6.61 Å². The van der Waals surface area contributed by atoms with Crippen LogP contribution < -0.4 is 20.1 Å². The number of methoxy groups -OCH3 is 1. The van der Waals surface area contributed by atoms with Gasteiger partial charge in [-0.25, -0.2) is 0 Å². The molecule has 1 amide bonds. The maximum Gasteiger partial charge on any atom is 0.387 e. The highest BCUT2D eigenvalue weighted by atomic mass is 19.3. The summed E-state index contributed by atoms with van der Waals surface area (Å²) in [6, 6.07) is 11.4. The van der Waals surface area contributed by atoms with Gasteiger partial charge in [0, 0.05) is 24.3 Å². The number of carbonyl (C=O) groups is 1. The van der Waals surface area contributed by atoms with Crippen molar-refractivity contribution in [1.29, 1.82) is 0 Å². The van der Waals surface area contributed by atoms with Crippen molar-refractivity contribution in [2.24, 2.45) is 5.73 Å². The number of rotatable bonds is 4. The number of halogens is 2. The summed E-state index contributed by atoms with van der Waals surface area (Å²) < 4.78 is 35.0. The van der Waals surface area contributed by atoms with Crippen molar-refractivity contribution in [3.63, 3.8) is 0 Å². The van der Waals surface area contributed by atoms with Crippen molar-refractivity contribution >= 4 is 11.6 Å². The molecule has 0 saturated carbocycles. The number of amides is 1. The molecule has 3 rings (SSSR count). The van der Waals surface area contributed by atoms with E-state index in [1.807, 2.05) is 24.3 Å². The fourth-order valence-corrected chi connectivity index (χ4v) is 2.96. The molecule has 132 valence electrons. The van der Waals surface area contributed by atoms with Crippen molar-refractivity contribution in [3.8, 4) is 11.5 Å². The van der Waals surface area contributed by atoms with Gasteiger partial charge in [0.15, 0.2) is 0 Å². The third-order valence-electron chi connectivity index (χ3n) is 4.06. The molecule has 0 aromatic heterocycles. The SMILES string of the molecule is COc1ccc(C(=O)N2CC(N)Cc3ccccc32)c(OC(F)F)c1. The molecule has 0 saturated heterocycles. The first-order chi connectivity index (χ1) is 12.0. The third kappa shape index (κ3) is 3.56. The zero-order chi connectivity index (χ0) is 18.0. The Labute approximate surface area is 143 Å². The molecular weight excluding hydrogens is 330 g/mol. The average Bonchev–Trinajstić information content (AvgIpc) is 2.59. The minimum Gasteiger partial charge on any atom is -0.497 e. The summed E-state index contributed by atoms with van der Waals surface area (Å²) in [5.41, 5.74) is 7.76. The average molecular weight is 348 g/mol. The molecule has 0 radical (unpaired) electrons. The number of nitrogens with two attached hydrogens (primary N) is 1. The van der Waals surface area contributed by atoms with E-state index in [2.05, 4.69) is 4.74 Å². The zero-order valence-electron chi connectivity index (χ0n) is 13.6.